The van der Waals surface area contributed by atoms with Crippen LogP contribution in [0, 0.1) is 0 Å². The van der Waals surface area contributed by atoms with Gasteiger partial charge in [-0.25, -0.2) is 4.98 Å². The summed E-state index contributed by atoms with van der Waals surface area (Å²) >= 11 is 6.12. The van der Waals surface area contributed by atoms with E-state index in [1.54, 1.807) is 18.3 Å². The van der Waals surface area contributed by atoms with Crippen LogP contribution < -0.4 is 11.1 Å². The van der Waals surface area contributed by atoms with Gasteiger partial charge in [0, 0.05) is 29.2 Å². The van der Waals surface area contributed by atoms with Crippen molar-refractivity contribution in [2.45, 2.75) is 0 Å². The predicted molar refractivity (Wildman–Crippen MR) is 66.7 cm³/mol. The molecule has 0 aliphatic heterocycles. The molecule has 4 N–H and O–H groups in total. The van der Waals surface area contributed by atoms with Crippen LogP contribution in [-0.4, -0.2) is 23.2 Å². The van der Waals surface area contributed by atoms with Crippen molar-refractivity contribution >= 4 is 33.9 Å². The molecule has 2 rings (SSSR count). The number of aliphatic hydroxyl groups is 1. The van der Waals surface area contributed by atoms with Crippen molar-refractivity contribution < 1.29 is 5.11 Å². The summed E-state index contributed by atoms with van der Waals surface area (Å²) in [6.07, 6.45) is 1.66. The van der Waals surface area contributed by atoms with E-state index in [-0.39, 0.29) is 6.61 Å². The van der Waals surface area contributed by atoms with E-state index >= 15 is 0 Å². The normalized spacial score (nSPS) is 10.6. The fourth-order valence-corrected chi connectivity index (χ4v) is 1.84. The van der Waals surface area contributed by atoms with Crippen LogP contribution in [0.4, 0.5) is 11.5 Å². The molecule has 1 heterocycles. The van der Waals surface area contributed by atoms with Gasteiger partial charge < -0.3 is 16.2 Å². The number of nitrogens with zero attached hydrogens (tertiary/aromatic N) is 1. The largest absolute Gasteiger partial charge is 0.398 e. The monoisotopic (exact) mass is 237 g/mol. The maximum atomic E-state index is 8.78. The summed E-state index contributed by atoms with van der Waals surface area (Å²) in [7, 11) is 0. The maximum absolute atomic E-state index is 8.78. The van der Waals surface area contributed by atoms with Gasteiger partial charge in [0.25, 0.3) is 0 Å². The van der Waals surface area contributed by atoms with E-state index in [9.17, 15) is 0 Å². The minimum Gasteiger partial charge on any atom is -0.398 e. The van der Waals surface area contributed by atoms with Crippen LogP contribution in [0.3, 0.4) is 0 Å². The standard InChI is InChI=1S/C11H12ClN3O/c12-8-1-2-9(13)7-3-4-14-11(10(7)8)15-5-6-16/h1-4,16H,5-6,13H2,(H,14,15). The Balaban J connectivity index is 2.61. The summed E-state index contributed by atoms with van der Waals surface area (Å²) in [6.45, 7) is 0.468. The topological polar surface area (TPSA) is 71.2 Å². The zero-order valence-electron chi connectivity index (χ0n) is 8.57. The Hall–Kier alpha value is -1.52. The second-order valence-corrected chi connectivity index (χ2v) is 3.78. The van der Waals surface area contributed by atoms with Gasteiger partial charge in [-0.3, -0.25) is 0 Å². The molecule has 2 aromatic rings. The lowest BCUT2D eigenvalue weighted by Gasteiger charge is -2.10. The van der Waals surface area contributed by atoms with E-state index in [1.165, 1.54) is 0 Å². The number of anilines is 2. The van der Waals surface area contributed by atoms with Crippen LogP contribution >= 0.6 is 11.6 Å². The van der Waals surface area contributed by atoms with Crippen molar-refractivity contribution in [3.05, 3.63) is 29.4 Å². The number of aliphatic hydroxyl groups excluding tert-OH is 1. The number of nitrogens with one attached hydrogen (secondary N) is 1. The molecule has 1 aromatic heterocycles. The number of rotatable bonds is 3. The summed E-state index contributed by atoms with van der Waals surface area (Å²) in [5.74, 6) is 0.642. The van der Waals surface area contributed by atoms with Crippen LogP contribution in [0.15, 0.2) is 24.4 Å². The number of nitrogens with two attached hydrogens (primary N) is 1. The first-order valence-electron chi connectivity index (χ1n) is 4.91. The lowest BCUT2D eigenvalue weighted by atomic mass is 10.1. The number of nitrogen functional groups attached to an aromatic ring is 1. The van der Waals surface area contributed by atoms with Gasteiger partial charge in [-0.2, -0.15) is 0 Å². The Morgan fingerprint density at radius 1 is 1.38 bits per heavy atom. The Labute approximate surface area is 98.0 Å². The van der Waals surface area contributed by atoms with Crippen molar-refractivity contribution in [1.29, 1.82) is 0 Å². The van der Waals surface area contributed by atoms with Gasteiger partial charge in [0.15, 0.2) is 0 Å². The van der Waals surface area contributed by atoms with Crippen molar-refractivity contribution in [3.63, 3.8) is 0 Å². The molecule has 0 saturated carbocycles. The molecule has 0 spiro atoms. The summed E-state index contributed by atoms with van der Waals surface area (Å²) in [5, 5.41) is 14.0. The summed E-state index contributed by atoms with van der Waals surface area (Å²) in [5.41, 5.74) is 6.52. The molecule has 84 valence electrons. The Morgan fingerprint density at radius 3 is 2.94 bits per heavy atom. The van der Waals surface area contributed by atoms with E-state index in [0.717, 1.165) is 10.8 Å². The van der Waals surface area contributed by atoms with E-state index in [0.29, 0.717) is 23.1 Å². The lowest BCUT2D eigenvalue weighted by molar-refractivity contribution is 0.311. The predicted octanol–water partition coefficient (Wildman–Crippen LogP) is 1.87. The quantitative estimate of drug-likeness (QED) is 0.713. The van der Waals surface area contributed by atoms with Crippen LogP contribution in [0.5, 0.6) is 0 Å². The van der Waals surface area contributed by atoms with Gasteiger partial charge in [-0.1, -0.05) is 11.6 Å². The fourth-order valence-electron chi connectivity index (χ4n) is 1.59. The van der Waals surface area contributed by atoms with Crippen molar-refractivity contribution in [2.24, 2.45) is 0 Å². The van der Waals surface area contributed by atoms with Gasteiger partial charge in [-0.15, -0.1) is 0 Å². The van der Waals surface area contributed by atoms with Gasteiger partial charge in [0.05, 0.1) is 11.6 Å². The average Bonchev–Trinajstić information content (AvgIpc) is 2.31. The molecule has 16 heavy (non-hydrogen) atoms. The smallest absolute Gasteiger partial charge is 0.135 e. The minimum atomic E-state index is 0.0397. The fraction of sp³-hybridized carbons (Fsp3) is 0.182. The Morgan fingerprint density at radius 2 is 2.19 bits per heavy atom. The minimum absolute atomic E-state index is 0.0397. The first kappa shape index (κ1) is 11.0. The zero-order chi connectivity index (χ0) is 11.5. The van der Waals surface area contributed by atoms with Crippen molar-refractivity contribution in [1.82, 2.24) is 4.98 Å². The highest BCUT2D eigenvalue weighted by Crippen LogP contribution is 2.32. The van der Waals surface area contributed by atoms with E-state index < -0.39 is 0 Å². The van der Waals surface area contributed by atoms with Gasteiger partial charge in [-0.05, 0) is 18.2 Å². The Bertz CT molecular complexity index is 516. The highest BCUT2D eigenvalue weighted by molar-refractivity contribution is 6.37. The average molecular weight is 238 g/mol. The van der Waals surface area contributed by atoms with Crippen molar-refractivity contribution in [2.75, 3.05) is 24.2 Å². The van der Waals surface area contributed by atoms with Gasteiger partial charge in [0.2, 0.25) is 0 Å². The third kappa shape index (κ3) is 1.89. The molecule has 0 aliphatic carbocycles. The molecule has 0 fully saturated rings. The summed E-state index contributed by atoms with van der Waals surface area (Å²) in [6, 6.07) is 5.33. The number of benzene rings is 1. The second-order valence-electron chi connectivity index (χ2n) is 3.37. The lowest BCUT2D eigenvalue weighted by Crippen LogP contribution is -2.07. The molecule has 1 aromatic carbocycles. The first-order chi connectivity index (χ1) is 7.74. The third-order valence-electron chi connectivity index (χ3n) is 2.31. The molecule has 0 saturated heterocycles. The van der Waals surface area contributed by atoms with E-state index in [2.05, 4.69) is 10.3 Å². The summed E-state index contributed by atoms with van der Waals surface area (Å²) < 4.78 is 0. The van der Waals surface area contributed by atoms with Crippen LogP contribution in [0.1, 0.15) is 0 Å². The number of pyridine rings is 1. The SMILES string of the molecule is Nc1ccc(Cl)c2c(NCCO)nccc12. The number of hydrogen-bond donors (Lipinski definition) is 3. The molecule has 5 heteroatoms. The molecule has 0 unspecified atom stereocenters. The highest BCUT2D eigenvalue weighted by atomic mass is 35.5. The molecule has 0 bridgehead atoms. The van der Waals surface area contributed by atoms with E-state index in [1.807, 2.05) is 6.07 Å². The van der Waals surface area contributed by atoms with Crippen LogP contribution in [0.25, 0.3) is 10.8 Å². The van der Waals surface area contributed by atoms with Crippen LogP contribution in [-0.2, 0) is 0 Å². The number of fused-ring (bicyclic) bond motifs is 1. The molecule has 0 radical (unpaired) electrons. The van der Waals surface area contributed by atoms with Gasteiger partial charge in [0.1, 0.15) is 5.82 Å². The number of halogens is 1. The first-order valence-corrected chi connectivity index (χ1v) is 5.29. The van der Waals surface area contributed by atoms with Gasteiger partial charge >= 0.3 is 0 Å². The second kappa shape index (κ2) is 4.55. The van der Waals surface area contributed by atoms with E-state index in [4.69, 9.17) is 22.4 Å². The Kier molecular flexibility index (Phi) is 3.12. The maximum Gasteiger partial charge on any atom is 0.135 e. The molecular formula is C11H12ClN3O. The third-order valence-corrected chi connectivity index (χ3v) is 2.63. The molecule has 4 nitrogen and oxygen atoms in total. The zero-order valence-corrected chi connectivity index (χ0v) is 9.33. The highest BCUT2D eigenvalue weighted by Gasteiger charge is 2.08. The molecule has 0 atom stereocenters. The summed E-state index contributed by atoms with van der Waals surface area (Å²) in [4.78, 5) is 4.18. The molecule has 0 aliphatic rings. The molecule has 0 amide bonds. The number of hydrogen-bond acceptors (Lipinski definition) is 4. The molecular weight excluding hydrogens is 226 g/mol. The number of aromatic nitrogens is 1. The van der Waals surface area contributed by atoms with Crippen LogP contribution in [0.2, 0.25) is 5.02 Å². The van der Waals surface area contributed by atoms with Crippen molar-refractivity contribution in [3.8, 4) is 0 Å².